The SMILES string of the molecule is CC(CO)C(C)NC1(CN)CC(C)(C)CC1C. The molecule has 0 bridgehead atoms. The van der Waals surface area contributed by atoms with Crippen molar-refractivity contribution in [2.45, 2.75) is 59.0 Å². The second kappa shape index (κ2) is 5.25. The molecule has 102 valence electrons. The molecule has 0 amide bonds. The highest BCUT2D eigenvalue weighted by molar-refractivity contribution is 5.05. The minimum Gasteiger partial charge on any atom is -0.396 e. The number of rotatable bonds is 5. The van der Waals surface area contributed by atoms with E-state index in [-0.39, 0.29) is 18.1 Å². The van der Waals surface area contributed by atoms with Gasteiger partial charge in [0, 0.05) is 24.7 Å². The van der Waals surface area contributed by atoms with Crippen LogP contribution in [0.25, 0.3) is 0 Å². The summed E-state index contributed by atoms with van der Waals surface area (Å²) in [6.07, 6.45) is 2.34. The number of aliphatic hydroxyl groups excluding tert-OH is 1. The standard InChI is InChI=1S/C14H30N2O/c1-10(7-17)12(3)16-14(9-15)8-13(4,5)6-11(14)2/h10-12,16-17H,6-9,15H2,1-5H3. The minimum atomic E-state index is 0.0480. The molecular formula is C14H30N2O. The lowest BCUT2D eigenvalue weighted by Gasteiger charge is -2.39. The Hall–Kier alpha value is -0.120. The maximum Gasteiger partial charge on any atom is 0.0471 e. The number of aliphatic hydroxyl groups is 1. The molecule has 3 heteroatoms. The number of nitrogens with two attached hydrogens (primary N) is 1. The molecule has 0 heterocycles. The van der Waals surface area contributed by atoms with Crippen molar-refractivity contribution < 1.29 is 5.11 Å². The molecule has 0 aliphatic heterocycles. The smallest absolute Gasteiger partial charge is 0.0471 e. The summed E-state index contributed by atoms with van der Waals surface area (Å²) >= 11 is 0. The van der Waals surface area contributed by atoms with Gasteiger partial charge in [-0.15, -0.1) is 0 Å². The van der Waals surface area contributed by atoms with Crippen molar-refractivity contribution in [1.29, 1.82) is 0 Å². The average Bonchev–Trinajstić information content (AvgIpc) is 2.47. The molecule has 4 N–H and O–H groups in total. The average molecular weight is 242 g/mol. The van der Waals surface area contributed by atoms with E-state index in [9.17, 15) is 5.11 Å². The monoisotopic (exact) mass is 242 g/mol. The first-order valence-electron chi connectivity index (χ1n) is 6.85. The van der Waals surface area contributed by atoms with Crippen LogP contribution in [0.15, 0.2) is 0 Å². The predicted molar refractivity (Wildman–Crippen MR) is 72.8 cm³/mol. The lowest BCUT2D eigenvalue weighted by molar-refractivity contribution is 0.161. The highest BCUT2D eigenvalue weighted by Crippen LogP contribution is 2.47. The fourth-order valence-electron chi connectivity index (χ4n) is 3.40. The number of nitrogens with one attached hydrogen (secondary N) is 1. The molecule has 4 unspecified atom stereocenters. The minimum absolute atomic E-state index is 0.0480. The van der Waals surface area contributed by atoms with E-state index in [0.29, 0.717) is 23.9 Å². The van der Waals surface area contributed by atoms with E-state index in [1.165, 1.54) is 6.42 Å². The first-order valence-corrected chi connectivity index (χ1v) is 6.85. The molecule has 1 aliphatic carbocycles. The van der Waals surface area contributed by atoms with Gasteiger partial charge < -0.3 is 16.2 Å². The van der Waals surface area contributed by atoms with Crippen molar-refractivity contribution in [1.82, 2.24) is 5.32 Å². The van der Waals surface area contributed by atoms with Crippen molar-refractivity contribution >= 4 is 0 Å². The summed E-state index contributed by atoms with van der Waals surface area (Å²) in [5.74, 6) is 0.866. The van der Waals surface area contributed by atoms with Crippen molar-refractivity contribution in [3.63, 3.8) is 0 Å². The van der Waals surface area contributed by atoms with Gasteiger partial charge in [-0.25, -0.2) is 0 Å². The fourth-order valence-corrected chi connectivity index (χ4v) is 3.40. The Morgan fingerprint density at radius 2 is 2.00 bits per heavy atom. The number of hydrogen-bond acceptors (Lipinski definition) is 3. The second-order valence-corrected chi connectivity index (χ2v) is 6.90. The Morgan fingerprint density at radius 3 is 2.35 bits per heavy atom. The zero-order chi connectivity index (χ0) is 13.3. The largest absolute Gasteiger partial charge is 0.396 e. The zero-order valence-corrected chi connectivity index (χ0v) is 12.1. The third kappa shape index (κ3) is 3.21. The summed E-state index contributed by atoms with van der Waals surface area (Å²) in [6, 6.07) is 0.305. The first kappa shape index (κ1) is 14.9. The summed E-state index contributed by atoms with van der Waals surface area (Å²) in [5, 5.41) is 12.9. The van der Waals surface area contributed by atoms with Gasteiger partial charge in [0.2, 0.25) is 0 Å². The van der Waals surface area contributed by atoms with E-state index < -0.39 is 0 Å². The van der Waals surface area contributed by atoms with Crippen LogP contribution in [0.4, 0.5) is 0 Å². The molecule has 3 nitrogen and oxygen atoms in total. The summed E-state index contributed by atoms with van der Waals surface area (Å²) in [5.41, 5.74) is 6.46. The van der Waals surface area contributed by atoms with Gasteiger partial charge in [0.15, 0.2) is 0 Å². The number of hydrogen-bond donors (Lipinski definition) is 3. The lowest BCUT2D eigenvalue weighted by Crippen LogP contribution is -2.58. The summed E-state index contributed by atoms with van der Waals surface area (Å²) in [4.78, 5) is 0. The Bertz CT molecular complexity index is 255. The molecule has 1 aliphatic rings. The van der Waals surface area contributed by atoms with Crippen LogP contribution in [0.5, 0.6) is 0 Å². The van der Waals surface area contributed by atoms with E-state index in [1.807, 2.05) is 0 Å². The van der Waals surface area contributed by atoms with Crippen LogP contribution < -0.4 is 11.1 Å². The third-order valence-electron chi connectivity index (χ3n) is 4.62. The Kier molecular flexibility index (Phi) is 4.61. The normalized spacial score (nSPS) is 35.8. The van der Waals surface area contributed by atoms with E-state index in [0.717, 1.165) is 6.42 Å². The topological polar surface area (TPSA) is 58.3 Å². The highest BCUT2D eigenvalue weighted by atomic mass is 16.3. The Balaban J connectivity index is 2.77. The van der Waals surface area contributed by atoms with Crippen LogP contribution in [-0.2, 0) is 0 Å². The molecule has 4 atom stereocenters. The van der Waals surface area contributed by atoms with E-state index in [2.05, 4.69) is 39.9 Å². The molecule has 0 saturated heterocycles. The van der Waals surface area contributed by atoms with Crippen LogP contribution in [0, 0.1) is 17.3 Å². The molecule has 17 heavy (non-hydrogen) atoms. The molecular weight excluding hydrogens is 212 g/mol. The molecule has 0 aromatic carbocycles. The van der Waals surface area contributed by atoms with E-state index in [1.54, 1.807) is 0 Å². The molecule has 1 rings (SSSR count). The quantitative estimate of drug-likeness (QED) is 0.688. The fraction of sp³-hybridized carbons (Fsp3) is 1.00. The van der Waals surface area contributed by atoms with Gasteiger partial charge >= 0.3 is 0 Å². The van der Waals surface area contributed by atoms with Crippen molar-refractivity contribution in [2.75, 3.05) is 13.2 Å². The molecule has 0 radical (unpaired) electrons. The van der Waals surface area contributed by atoms with Crippen molar-refractivity contribution in [3.8, 4) is 0 Å². The first-order chi connectivity index (χ1) is 7.76. The second-order valence-electron chi connectivity index (χ2n) is 6.90. The van der Waals surface area contributed by atoms with Gasteiger partial charge in [0.25, 0.3) is 0 Å². The summed E-state index contributed by atoms with van der Waals surface area (Å²) < 4.78 is 0. The lowest BCUT2D eigenvalue weighted by atomic mass is 9.84. The third-order valence-corrected chi connectivity index (χ3v) is 4.62. The predicted octanol–water partition coefficient (Wildman–Crippen LogP) is 1.75. The molecule has 0 spiro atoms. The maximum atomic E-state index is 9.23. The molecule has 0 aromatic rings. The van der Waals surface area contributed by atoms with Crippen LogP contribution in [-0.4, -0.2) is 29.8 Å². The molecule has 1 fully saturated rings. The van der Waals surface area contributed by atoms with Gasteiger partial charge in [0.05, 0.1) is 0 Å². The Labute approximate surface area is 106 Å². The molecule has 0 aromatic heterocycles. The maximum absolute atomic E-state index is 9.23. The van der Waals surface area contributed by atoms with Gasteiger partial charge in [-0.3, -0.25) is 0 Å². The van der Waals surface area contributed by atoms with Gasteiger partial charge in [-0.2, -0.15) is 0 Å². The van der Waals surface area contributed by atoms with Crippen molar-refractivity contribution in [2.24, 2.45) is 23.0 Å². The van der Waals surface area contributed by atoms with Gasteiger partial charge in [0.1, 0.15) is 0 Å². The van der Waals surface area contributed by atoms with E-state index >= 15 is 0 Å². The molecule has 1 saturated carbocycles. The van der Waals surface area contributed by atoms with Crippen LogP contribution in [0.3, 0.4) is 0 Å². The van der Waals surface area contributed by atoms with Crippen LogP contribution in [0.1, 0.15) is 47.5 Å². The van der Waals surface area contributed by atoms with E-state index in [4.69, 9.17) is 5.73 Å². The van der Waals surface area contributed by atoms with Crippen molar-refractivity contribution in [3.05, 3.63) is 0 Å². The van der Waals surface area contributed by atoms with Crippen LogP contribution in [0.2, 0.25) is 0 Å². The highest BCUT2D eigenvalue weighted by Gasteiger charge is 2.48. The van der Waals surface area contributed by atoms with Gasteiger partial charge in [-0.1, -0.05) is 27.7 Å². The van der Waals surface area contributed by atoms with Crippen LogP contribution >= 0.6 is 0 Å². The summed E-state index contributed by atoms with van der Waals surface area (Å²) in [7, 11) is 0. The summed E-state index contributed by atoms with van der Waals surface area (Å²) in [6.45, 7) is 12.1. The zero-order valence-electron chi connectivity index (χ0n) is 12.1. The van der Waals surface area contributed by atoms with Gasteiger partial charge in [-0.05, 0) is 37.0 Å². The Morgan fingerprint density at radius 1 is 1.41 bits per heavy atom.